The summed E-state index contributed by atoms with van der Waals surface area (Å²) in [5, 5.41) is 0. The number of benzene rings is 2. The average molecular weight is 435 g/mol. The molecule has 7 heteroatoms. The molecule has 4 N–H and O–H groups in total. The van der Waals surface area contributed by atoms with Gasteiger partial charge < -0.3 is 10.6 Å². The number of nitrogens with one attached hydrogen (secondary N) is 2. The van der Waals surface area contributed by atoms with Gasteiger partial charge in [0.15, 0.2) is 0 Å². The second-order valence-electron chi connectivity index (χ2n) is 7.80. The average Bonchev–Trinajstić information content (AvgIpc) is 3.22. The number of hydrogen-bond donors (Lipinski definition) is 3. The van der Waals surface area contributed by atoms with Crippen LogP contribution < -0.4 is 16.6 Å². The van der Waals surface area contributed by atoms with E-state index in [1.165, 1.54) is 12.1 Å². The number of amides is 1. The normalized spacial score (nSPS) is 18.1. The molecule has 5 nitrogen and oxygen atoms in total. The predicted molar refractivity (Wildman–Crippen MR) is 121 cm³/mol. The van der Waals surface area contributed by atoms with E-state index < -0.39 is 0 Å². The van der Waals surface area contributed by atoms with Crippen molar-refractivity contribution in [2.24, 2.45) is 5.73 Å². The SMILES string of the molecule is CN(CCCCCC1CC(c2ccc(F)cc2)NN1)C(=O)c1ccc(CN)cc1.Cl. The van der Waals surface area contributed by atoms with Crippen molar-refractivity contribution in [2.75, 3.05) is 13.6 Å². The molecule has 0 spiro atoms. The molecule has 1 aliphatic heterocycles. The van der Waals surface area contributed by atoms with Gasteiger partial charge in [0.25, 0.3) is 5.91 Å². The van der Waals surface area contributed by atoms with Gasteiger partial charge in [-0.3, -0.25) is 15.6 Å². The Balaban J connectivity index is 0.00000320. The molecule has 0 bridgehead atoms. The first-order chi connectivity index (χ1) is 14.1. The van der Waals surface area contributed by atoms with Crippen LogP contribution in [0.1, 0.15) is 59.6 Å². The lowest BCUT2D eigenvalue weighted by Crippen LogP contribution is -2.30. The van der Waals surface area contributed by atoms with Crippen LogP contribution in [0, 0.1) is 5.82 Å². The summed E-state index contributed by atoms with van der Waals surface area (Å²) in [6.45, 7) is 1.24. The highest BCUT2D eigenvalue weighted by molar-refractivity contribution is 5.94. The molecule has 1 heterocycles. The van der Waals surface area contributed by atoms with E-state index >= 15 is 0 Å². The summed E-state index contributed by atoms with van der Waals surface area (Å²) in [6, 6.07) is 14.9. The minimum Gasteiger partial charge on any atom is -0.342 e. The maximum atomic E-state index is 13.1. The third-order valence-electron chi connectivity index (χ3n) is 5.58. The van der Waals surface area contributed by atoms with Crippen molar-refractivity contribution < 1.29 is 9.18 Å². The van der Waals surface area contributed by atoms with Gasteiger partial charge in [0.05, 0.1) is 0 Å². The second kappa shape index (κ2) is 12.0. The number of hydrazine groups is 1. The van der Waals surface area contributed by atoms with Gasteiger partial charge in [-0.2, -0.15) is 0 Å². The molecule has 0 saturated carbocycles. The number of carbonyl (C=O) groups excluding carboxylic acids is 1. The monoisotopic (exact) mass is 434 g/mol. The maximum absolute atomic E-state index is 13.1. The molecule has 1 saturated heterocycles. The zero-order valence-corrected chi connectivity index (χ0v) is 18.3. The summed E-state index contributed by atoms with van der Waals surface area (Å²) in [7, 11) is 1.86. The van der Waals surface area contributed by atoms with Gasteiger partial charge in [-0.25, -0.2) is 4.39 Å². The quantitative estimate of drug-likeness (QED) is 0.523. The van der Waals surface area contributed by atoms with E-state index in [2.05, 4.69) is 10.9 Å². The molecule has 2 atom stereocenters. The van der Waals surface area contributed by atoms with Crippen molar-refractivity contribution in [2.45, 2.75) is 50.7 Å². The van der Waals surface area contributed by atoms with Crippen LogP contribution in [0.4, 0.5) is 4.39 Å². The van der Waals surface area contributed by atoms with E-state index in [4.69, 9.17) is 5.73 Å². The first kappa shape index (κ1) is 24.3. The van der Waals surface area contributed by atoms with Gasteiger partial charge >= 0.3 is 0 Å². The Morgan fingerprint density at radius 2 is 1.77 bits per heavy atom. The molecule has 2 aromatic carbocycles. The fourth-order valence-corrected chi connectivity index (χ4v) is 3.75. The number of unbranched alkanes of at least 4 members (excludes halogenated alkanes) is 2. The summed E-state index contributed by atoms with van der Waals surface area (Å²) in [5.74, 6) is -0.148. The summed E-state index contributed by atoms with van der Waals surface area (Å²) >= 11 is 0. The van der Waals surface area contributed by atoms with Gasteiger partial charge in [-0.1, -0.05) is 37.1 Å². The molecule has 3 rings (SSSR count). The number of carbonyl (C=O) groups is 1. The summed E-state index contributed by atoms with van der Waals surface area (Å²) in [6.07, 6.45) is 5.28. The molecule has 0 aromatic heterocycles. The van der Waals surface area contributed by atoms with Crippen LogP contribution in [0.2, 0.25) is 0 Å². The molecule has 2 aromatic rings. The highest BCUT2D eigenvalue weighted by atomic mass is 35.5. The number of hydrogen-bond acceptors (Lipinski definition) is 4. The molecular weight excluding hydrogens is 403 g/mol. The molecule has 1 fully saturated rings. The minimum absolute atomic E-state index is 0. The van der Waals surface area contributed by atoms with Crippen LogP contribution in [0.15, 0.2) is 48.5 Å². The summed E-state index contributed by atoms with van der Waals surface area (Å²) in [4.78, 5) is 14.3. The molecule has 2 unspecified atom stereocenters. The van der Waals surface area contributed by atoms with Crippen molar-refractivity contribution >= 4 is 18.3 Å². The molecule has 1 amide bonds. The van der Waals surface area contributed by atoms with Crippen molar-refractivity contribution in [3.05, 3.63) is 71.0 Å². The van der Waals surface area contributed by atoms with Crippen molar-refractivity contribution in [1.82, 2.24) is 15.8 Å². The van der Waals surface area contributed by atoms with Gasteiger partial charge in [-0.15, -0.1) is 12.4 Å². The Hall–Kier alpha value is -1.99. The highest BCUT2D eigenvalue weighted by Gasteiger charge is 2.24. The maximum Gasteiger partial charge on any atom is 0.253 e. The third kappa shape index (κ3) is 6.77. The molecular formula is C23H32ClFN4O. The number of halogens is 2. The Bertz CT molecular complexity index is 785. The van der Waals surface area contributed by atoms with Crippen LogP contribution in [-0.4, -0.2) is 30.4 Å². The second-order valence-corrected chi connectivity index (χ2v) is 7.80. The lowest BCUT2D eigenvalue weighted by atomic mass is 9.99. The standard InChI is InChI=1S/C23H31FN4O.ClH/c1-28(23(29)19-8-6-17(16-25)7-9-19)14-4-2-3-5-21-15-22(27-26-21)18-10-12-20(24)13-11-18;/h6-13,21-22,26-27H,2-5,14-16,25H2,1H3;1H. The minimum atomic E-state index is -0.202. The van der Waals surface area contributed by atoms with Crippen LogP contribution in [0.3, 0.4) is 0 Å². The van der Waals surface area contributed by atoms with Crippen LogP contribution in [0.5, 0.6) is 0 Å². The summed E-state index contributed by atoms with van der Waals surface area (Å²) < 4.78 is 13.1. The van der Waals surface area contributed by atoms with E-state index in [0.29, 0.717) is 18.2 Å². The largest absolute Gasteiger partial charge is 0.342 e. The summed E-state index contributed by atoms with van der Waals surface area (Å²) in [5.41, 5.74) is 15.1. The number of rotatable bonds is 9. The topological polar surface area (TPSA) is 70.4 Å². The number of nitrogens with zero attached hydrogens (tertiary/aromatic N) is 1. The lowest BCUT2D eigenvalue weighted by molar-refractivity contribution is 0.0792. The Morgan fingerprint density at radius 3 is 2.43 bits per heavy atom. The first-order valence-electron chi connectivity index (χ1n) is 10.4. The zero-order chi connectivity index (χ0) is 20.6. The zero-order valence-electron chi connectivity index (χ0n) is 17.4. The molecule has 0 radical (unpaired) electrons. The van der Waals surface area contributed by atoms with E-state index in [-0.39, 0.29) is 30.2 Å². The Morgan fingerprint density at radius 1 is 1.07 bits per heavy atom. The molecule has 164 valence electrons. The van der Waals surface area contributed by atoms with Gasteiger partial charge in [0.2, 0.25) is 0 Å². The Kier molecular flexibility index (Phi) is 9.72. The van der Waals surface area contributed by atoms with Crippen LogP contribution in [0.25, 0.3) is 0 Å². The molecule has 1 aliphatic rings. The Labute approximate surface area is 184 Å². The van der Waals surface area contributed by atoms with Crippen molar-refractivity contribution in [3.8, 4) is 0 Å². The van der Waals surface area contributed by atoms with E-state index in [1.807, 2.05) is 43.4 Å². The molecule has 30 heavy (non-hydrogen) atoms. The fourth-order valence-electron chi connectivity index (χ4n) is 3.75. The van der Waals surface area contributed by atoms with Crippen LogP contribution >= 0.6 is 12.4 Å². The van der Waals surface area contributed by atoms with E-state index in [9.17, 15) is 9.18 Å². The molecule has 0 aliphatic carbocycles. The number of nitrogens with two attached hydrogens (primary N) is 1. The third-order valence-corrected chi connectivity index (χ3v) is 5.58. The van der Waals surface area contributed by atoms with E-state index in [1.54, 1.807) is 4.90 Å². The van der Waals surface area contributed by atoms with Crippen molar-refractivity contribution in [3.63, 3.8) is 0 Å². The van der Waals surface area contributed by atoms with Crippen molar-refractivity contribution in [1.29, 1.82) is 0 Å². The lowest BCUT2D eigenvalue weighted by Gasteiger charge is -2.17. The predicted octanol–water partition coefficient (Wildman–Crippen LogP) is 3.95. The van der Waals surface area contributed by atoms with Crippen LogP contribution in [-0.2, 0) is 6.54 Å². The smallest absolute Gasteiger partial charge is 0.253 e. The van der Waals surface area contributed by atoms with Gasteiger partial charge in [0, 0.05) is 37.8 Å². The first-order valence-corrected chi connectivity index (χ1v) is 10.4. The van der Waals surface area contributed by atoms with E-state index in [0.717, 1.165) is 49.8 Å². The fraction of sp³-hybridized carbons (Fsp3) is 0.435. The van der Waals surface area contributed by atoms with Gasteiger partial charge in [-0.05, 0) is 54.7 Å². The highest BCUT2D eigenvalue weighted by Crippen LogP contribution is 2.24. The van der Waals surface area contributed by atoms with Gasteiger partial charge in [0.1, 0.15) is 5.82 Å².